The highest BCUT2D eigenvalue weighted by Crippen LogP contribution is 2.26. The molecule has 72 valence electrons. The molecule has 1 aliphatic rings. The van der Waals surface area contributed by atoms with Gasteiger partial charge >= 0.3 is 0 Å². The van der Waals surface area contributed by atoms with Gasteiger partial charge in [0.1, 0.15) is 0 Å². The van der Waals surface area contributed by atoms with Gasteiger partial charge in [-0.05, 0) is 12.8 Å². The molecule has 1 heterocycles. The highest BCUT2D eigenvalue weighted by Gasteiger charge is 2.44. The second-order valence-corrected chi connectivity index (χ2v) is 5.64. The molecule has 2 unspecified atom stereocenters. The minimum atomic E-state index is -3.04. The Kier molecular flexibility index (Phi) is 2.47. The molecule has 0 aliphatic carbocycles. The lowest BCUT2D eigenvalue weighted by Crippen LogP contribution is -2.48. The minimum Gasteiger partial charge on any atom is -0.387 e. The minimum absolute atomic E-state index is 0.0667. The Balaban J connectivity index is 2.77. The third-order valence-corrected chi connectivity index (χ3v) is 4.21. The van der Waals surface area contributed by atoms with Gasteiger partial charge in [-0.25, -0.2) is 8.42 Å². The first-order valence-corrected chi connectivity index (χ1v) is 5.90. The molecule has 1 saturated heterocycles. The van der Waals surface area contributed by atoms with Crippen LogP contribution in [0.3, 0.4) is 0 Å². The van der Waals surface area contributed by atoms with E-state index >= 15 is 0 Å². The quantitative estimate of drug-likeness (QED) is 0.606. The van der Waals surface area contributed by atoms with Gasteiger partial charge in [0.15, 0.2) is 9.84 Å². The molecular weight excluding hydrogens is 178 g/mol. The van der Waals surface area contributed by atoms with E-state index in [9.17, 15) is 13.5 Å². The first-order valence-electron chi connectivity index (χ1n) is 4.08. The van der Waals surface area contributed by atoms with Crippen molar-refractivity contribution >= 4 is 9.84 Å². The van der Waals surface area contributed by atoms with E-state index in [1.54, 1.807) is 0 Å². The Labute approximate surface area is 72.7 Å². The number of nitrogens with two attached hydrogens (primary N) is 1. The zero-order valence-corrected chi connectivity index (χ0v) is 7.97. The Morgan fingerprint density at radius 3 is 2.58 bits per heavy atom. The summed E-state index contributed by atoms with van der Waals surface area (Å²) in [6, 6.07) is -0.422. The van der Waals surface area contributed by atoms with Crippen molar-refractivity contribution in [3.05, 3.63) is 0 Å². The molecule has 0 bridgehead atoms. The molecule has 0 amide bonds. The Bertz CT molecular complexity index is 262. The van der Waals surface area contributed by atoms with Crippen LogP contribution in [-0.2, 0) is 9.84 Å². The molecule has 4 nitrogen and oxygen atoms in total. The van der Waals surface area contributed by atoms with Crippen molar-refractivity contribution in [3.63, 3.8) is 0 Å². The summed E-state index contributed by atoms with van der Waals surface area (Å²) >= 11 is 0. The van der Waals surface area contributed by atoms with Gasteiger partial charge in [-0.3, -0.25) is 0 Å². The van der Waals surface area contributed by atoms with E-state index in [1.165, 1.54) is 0 Å². The van der Waals surface area contributed by atoms with Gasteiger partial charge < -0.3 is 10.8 Å². The Morgan fingerprint density at radius 1 is 1.67 bits per heavy atom. The molecule has 0 aromatic rings. The fourth-order valence-corrected chi connectivity index (χ4v) is 3.46. The largest absolute Gasteiger partial charge is 0.387 e. The molecule has 5 heteroatoms. The van der Waals surface area contributed by atoms with Crippen LogP contribution < -0.4 is 5.73 Å². The van der Waals surface area contributed by atoms with Crippen LogP contribution in [0.15, 0.2) is 0 Å². The van der Waals surface area contributed by atoms with E-state index in [0.717, 1.165) is 0 Å². The van der Waals surface area contributed by atoms with Gasteiger partial charge in [0.05, 0.1) is 17.1 Å². The molecule has 1 aliphatic heterocycles. The van der Waals surface area contributed by atoms with E-state index in [2.05, 4.69) is 0 Å². The molecule has 0 saturated carbocycles. The average Bonchev–Trinajstić information content (AvgIpc) is 2.25. The highest BCUT2D eigenvalue weighted by molar-refractivity contribution is 7.91. The van der Waals surface area contributed by atoms with Crippen LogP contribution in [0.25, 0.3) is 0 Å². The molecule has 3 N–H and O–H groups in total. The maximum Gasteiger partial charge on any atom is 0.153 e. The number of hydrogen-bond acceptors (Lipinski definition) is 4. The summed E-state index contributed by atoms with van der Waals surface area (Å²) in [5.41, 5.74) is 4.45. The second-order valence-electron chi connectivity index (χ2n) is 3.46. The van der Waals surface area contributed by atoms with Gasteiger partial charge in [0.25, 0.3) is 0 Å². The summed E-state index contributed by atoms with van der Waals surface area (Å²) in [7, 11) is -3.04. The number of sulfone groups is 1. The van der Waals surface area contributed by atoms with E-state index in [0.29, 0.717) is 6.42 Å². The lowest BCUT2D eigenvalue weighted by Gasteiger charge is -2.27. The van der Waals surface area contributed by atoms with Gasteiger partial charge in [0, 0.05) is 6.04 Å². The third-order valence-electron chi connectivity index (χ3n) is 2.45. The predicted octanol–water partition coefficient (Wildman–Crippen LogP) is -0.727. The molecule has 2 atom stereocenters. The number of aliphatic hydroxyl groups is 1. The first kappa shape index (κ1) is 9.95. The first-order chi connectivity index (χ1) is 5.40. The fraction of sp³-hybridized carbons (Fsp3) is 1.00. The van der Waals surface area contributed by atoms with Crippen LogP contribution in [0.2, 0.25) is 0 Å². The van der Waals surface area contributed by atoms with Crippen molar-refractivity contribution in [3.8, 4) is 0 Å². The smallest absolute Gasteiger partial charge is 0.153 e. The van der Waals surface area contributed by atoms with Crippen molar-refractivity contribution < 1.29 is 13.5 Å². The molecule has 1 fully saturated rings. The molecule has 0 aromatic heterocycles. The van der Waals surface area contributed by atoms with E-state index in [4.69, 9.17) is 5.73 Å². The average molecular weight is 193 g/mol. The van der Waals surface area contributed by atoms with Crippen LogP contribution in [0.4, 0.5) is 0 Å². The van der Waals surface area contributed by atoms with Crippen molar-refractivity contribution in [1.29, 1.82) is 0 Å². The Hall–Kier alpha value is -0.130. The monoisotopic (exact) mass is 193 g/mol. The van der Waals surface area contributed by atoms with Crippen LogP contribution in [0.5, 0.6) is 0 Å². The Morgan fingerprint density at radius 2 is 2.25 bits per heavy atom. The molecule has 1 rings (SSSR count). The zero-order valence-electron chi connectivity index (χ0n) is 7.16. The summed E-state index contributed by atoms with van der Waals surface area (Å²) in [5, 5.41) is 9.79. The molecule has 12 heavy (non-hydrogen) atoms. The lowest BCUT2D eigenvalue weighted by molar-refractivity contribution is 0.0389. The van der Waals surface area contributed by atoms with Crippen molar-refractivity contribution in [2.75, 3.05) is 11.5 Å². The van der Waals surface area contributed by atoms with E-state index in [-0.39, 0.29) is 17.9 Å². The summed E-state index contributed by atoms with van der Waals surface area (Å²) < 4.78 is 22.1. The summed E-state index contributed by atoms with van der Waals surface area (Å²) in [5.74, 6) is -0.105. The topological polar surface area (TPSA) is 80.4 Å². The second kappa shape index (κ2) is 2.97. The van der Waals surface area contributed by atoms with Gasteiger partial charge in [-0.1, -0.05) is 6.92 Å². The molecular formula is C7H15NO3S. The zero-order chi connectivity index (χ0) is 9.41. The van der Waals surface area contributed by atoms with E-state index in [1.807, 2.05) is 6.92 Å². The number of hydrogen-bond donors (Lipinski definition) is 2. The van der Waals surface area contributed by atoms with Crippen LogP contribution in [-0.4, -0.2) is 36.7 Å². The number of rotatable bonds is 2. The SMILES string of the molecule is CCC(N)C1(O)CCS(=O)(=O)C1. The highest BCUT2D eigenvalue weighted by atomic mass is 32.2. The standard InChI is InChI=1S/C7H15NO3S/c1-2-6(8)7(9)3-4-12(10,11)5-7/h6,9H,2-5,8H2,1H3. The lowest BCUT2D eigenvalue weighted by atomic mass is 9.93. The van der Waals surface area contributed by atoms with Crippen molar-refractivity contribution in [2.45, 2.75) is 31.4 Å². The molecule has 0 radical (unpaired) electrons. The van der Waals surface area contributed by atoms with Crippen molar-refractivity contribution in [1.82, 2.24) is 0 Å². The summed E-state index contributed by atoms with van der Waals surface area (Å²) in [6.45, 7) is 1.84. The van der Waals surface area contributed by atoms with Gasteiger partial charge in [0.2, 0.25) is 0 Å². The third kappa shape index (κ3) is 1.78. The van der Waals surface area contributed by atoms with Crippen molar-refractivity contribution in [2.24, 2.45) is 5.73 Å². The van der Waals surface area contributed by atoms with Crippen LogP contribution in [0, 0.1) is 0 Å². The van der Waals surface area contributed by atoms with Gasteiger partial charge in [-0.2, -0.15) is 0 Å². The normalized spacial score (nSPS) is 36.6. The van der Waals surface area contributed by atoms with E-state index < -0.39 is 21.5 Å². The molecule has 0 spiro atoms. The predicted molar refractivity (Wildman–Crippen MR) is 46.5 cm³/mol. The maximum absolute atomic E-state index is 11.1. The summed E-state index contributed by atoms with van der Waals surface area (Å²) in [4.78, 5) is 0. The van der Waals surface area contributed by atoms with Crippen LogP contribution >= 0.6 is 0 Å². The fourth-order valence-electron chi connectivity index (χ4n) is 1.53. The summed E-state index contributed by atoms with van der Waals surface area (Å²) in [6.07, 6.45) is 0.885. The van der Waals surface area contributed by atoms with Gasteiger partial charge in [-0.15, -0.1) is 0 Å². The maximum atomic E-state index is 11.1. The van der Waals surface area contributed by atoms with Crippen LogP contribution in [0.1, 0.15) is 19.8 Å². The molecule has 0 aromatic carbocycles.